The van der Waals surface area contributed by atoms with Gasteiger partial charge in [0.05, 0.1) is 12.3 Å². The van der Waals surface area contributed by atoms with Crippen LogP contribution in [0.25, 0.3) is 0 Å². The Hall–Kier alpha value is -0.870. The minimum absolute atomic E-state index is 0.123. The maximum absolute atomic E-state index is 8.69. The summed E-state index contributed by atoms with van der Waals surface area (Å²) < 4.78 is 5.08. The van der Waals surface area contributed by atoms with Crippen molar-refractivity contribution >= 4 is 0 Å². The van der Waals surface area contributed by atoms with E-state index in [1.54, 1.807) is 0 Å². The molecule has 0 spiro atoms. The molecule has 1 saturated heterocycles. The third kappa shape index (κ3) is 1.89. The quantitative estimate of drug-likeness (QED) is 0.705. The zero-order valence-corrected chi connectivity index (χ0v) is 7.49. The van der Waals surface area contributed by atoms with Crippen molar-refractivity contribution in [3.8, 4) is 0 Å². The molecule has 0 aromatic carbocycles. The third-order valence-electron chi connectivity index (χ3n) is 2.41. The Kier molecular flexibility index (Phi) is 2.61. The summed E-state index contributed by atoms with van der Waals surface area (Å²) in [4.78, 5) is 0. The molecule has 0 amide bonds. The van der Waals surface area contributed by atoms with E-state index in [1.807, 2.05) is 6.07 Å². The molecule has 13 heavy (non-hydrogen) atoms. The van der Waals surface area contributed by atoms with Gasteiger partial charge >= 0.3 is 0 Å². The lowest BCUT2D eigenvalue weighted by atomic mass is 10.0. The predicted molar refractivity (Wildman–Crippen MR) is 47.5 cm³/mol. The monoisotopic (exact) mass is 182 g/mol. The number of hydrogen-bond donors (Lipinski definition) is 2. The van der Waals surface area contributed by atoms with Crippen molar-refractivity contribution in [1.82, 2.24) is 10.5 Å². The number of aromatic nitrogens is 1. The normalized spacial score (nSPS) is 22.4. The predicted octanol–water partition coefficient (Wildman–Crippen LogP) is 0.286. The Bertz CT molecular complexity index is 266. The largest absolute Gasteiger partial charge is 0.396 e. The fourth-order valence-electron chi connectivity index (χ4n) is 1.66. The molecule has 0 radical (unpaired) electrons. The van der Waals surface area contributed by atoms with Crippen LogP contribution in [0.15, 0.2) is 10.6 Å². The lowest BCUT2D eigenvalue weighted by Gasteiger charge is -1.99. The van der Waals surface area contributed by atoms with Gasteiger partial charge < -0.3 is 14.9 Å². The summed E-state index contributed by atoms with van der Waals surface area (Å²) in [6.07, 6.45) is 1.69. The van der Waals surface area contributed by atoms with Gasteiger partial charge in [-0.3, -0.25) is 0 Å². The summed E-state index contributed by atoms with van der Waals surface area (Å²) in [5.74, 6) is 1.28. The Morgan fingerprint density at radius 3 is 3.31 bits per heavy atom. The zero-order valence-electron chi connectivity index (χ0n) is 7.49. The minimum Gasteiger partial charge on any atom is -0.396 e. The first-order valence-electron chi connectivity index (χ1n) is 4.67. The highest BCUT2D eigenvalue weighted by molar-refractivity contribution is 5.12. The Morgan fingerprint density at radius 2 is 2.62 bits per heavy atom. The second-order valence-corrected chi connectivity index (χ2v) is 3.38. The number of nitrogens with one attached hydrogen (secondary N) is 1. The van der Waals surface area contributed by atoms with Crippen LogP contribution in [0.5, 0.6) is 0 Å². The summed E-state index contributed by atoms with van der Waals surface area (Å²) in [5.41, 5.74) is 1.02. The van der Waals surface area contributed by atoms with Crippen LogP contribution in [0.1, 0.15) is 23.8 Å². The van der Waals surface area contributed by atoms with Gasteiger partial charge in [0, 0.05) is 24.9 Å². The lowest BCUT2D eigenvalue weighted by Crippen LogP contribution is -2.07. The van der Waals surface area contributed by atoms with Crippen molar-refractivity contribution in [2.24, 2.45) is 0 Å². The van der Waals surface area contributed by atoms with Gasteiger partial charge in [-0.2, -0.15) is 0 Å². The summed E-state index contributed by atoms with van der Waals surface area (Å²) in [5, 5.41) is 16.0. The summed E-state index contributed by atoms with van der Waals surface area (Å²) in [7, 11) is 0. The van der Waals surface area contributed by atoms with E-state index in [2.05, 4.69) is 10.5 Å². The van der Waals surface area contributed by atoms with E-state index in [0.717, 1.165) is 31.0 Å². The first-order chi connectivity index (χ1) is 6.40. The average molecular weight is 182 g/mol. The molecule has 1 atom stereocenters. The molecular formula is C9H14N2O2. The van der Waals surface area contributed by atoms with Crippen LogP contribution in [0.4, 0.5) is 0 Å². The fourth-order valence-corrected chi connectivity index (χ4v) is 1.66. The first kappa shape index (κ1) is 8.72. The molecule has 0 aliphatic carbocycles. The van der Waals surface area contributed by atoms with Crippen LogP contribution in [-0.2, 0) is 6.42 Å². The average Bonchev–Trinajstić information content (AvgIpc) is 2.70. The van der Waals surface area contributed by atoms with Gasteiger partial charge in [0.2, 0.25) is 0 Å². The number of aliphatic hydroxyl groups is 1. The minimum atomic E-state index is 0.123. The molecule has 1 aliphatic rings. The van der Waals surface area contributed by atoms with Crippen molar-refractivity contribution < 1.29 is 9.63 Å². The van der Waals surface area contributed by atoms with E-state index in [0.29, 0.717) is 12.3 Å². The maximum Gasteiger partial charge on any atom is 0.139 e. The molecule has 2 rings (SSSR count). The van der Waals surface area contributed by atoms with Gasteiger partial charge in [-0.25, -0.2) is 0 Å². The van der Waals surface area contributed by atoms with Crippen LogP contribution < -0.4 is 5.32 Å². The van der Waals surface area contributed by atoms with Crippen molar-refractivity contribution in [3.63, 3.8) is 0 Å². The van der Waals surface area contributed by atoms with Crippen LogP contribution in [-0.4, -0.2) is 30.0 Å². The van der Waals surface area contributed by atoms with E-state index >= 15 is 0 Å². The number of rotatable bonds is 3. The molecule has 0 bridgehead atoms. The van der Waals surface area contributed by atoms with Gasteiger partial charge in [-0.1, -0.05) is 5.16 Å². The third-order valence-corrected chi connectivity index (χ3v) is 2.41. The van der Waals surface area contributed by atoms with Crippen LogP contribution in [0, 0.1) is 0 Å². The molecule has 2 heterocycles. The molecular weight excluding hydrogens is 168 g/mol. The van der Waals surface area contributed by atoms with Crippen molar-refractivity contribution in [3.05, 3.63) is 17.5 Å². The molecule has 1 aromatic rings. The highest BCUT2D eigenvalue weighted by Crippen LogP contribution is 2.21. The lowest BCUT2D eigenvalue weighted by molar-refractivity contribution is 0.276. The zero-order chi connectivity index (χ0) is 9.10. The van der Waals surface area contributed by atoms with Crippen LogP contribution >= 0.6 is 0 Å². The highest BCUT2D eigenvalue weighted by Gasteiger charge is 2.19. The van der Waals surface area contributed by atoms with E-state index in [4.69, 9.17) is 9.63 Å². The number of hydrogen-bond acceptors (Lipinski definition) is 4. The van der Waals surface area contributed by atoms with Gasteiger partial charge in [-0.15, -0.1) is 0 Å². The van der Waals surface area contributed by atoms with Crippen molar-refractivity contribution in [1.29, 1.82) is 0 Å². The van der Waals surface area contributed by atoms with Crippen molar-refractivity contribution in [2.75, 3.05) is 19.7 Å². The summed E-state index contributed by atoms with van der Waals surface area (Å²) in [6, 6.07) is 1.95. The Morgan fingerprint density at radius 1 is 1.69 bits per heavy atom. The fraction of sp³-hybridized carbons (Fsp3) is 0.667. The molecule has 2 N–H and O–H groups in total. The van der Waals surface area contributed by atoms with Gasteiger partial charge in [0.1, 0.15) is 5.76 Å². The van der Waals surface area contributed by atoms with Gasteiger partial charge in [0.25, 0.3) is 0 Å². The standard InChI is InChI=1S/C9H14N2O2/c12-4-2-8-5-9(11-13-8)7-1-3-10-6-7/h5,7,10,12H,1-4,6H2/t7-/m0/s1. The number of nitrogens with zero attached hydrogens (tertiary/aromatic N) is 1. The molecule has 0 saturated carbocycles. The molecule has 1 aromatic heterocycles. The van der Waals surface area contributed by atoms with Crippen molar-refractivity contribution in [2.45, 2.75) is 18.8 Å². The Labute approximate surface area is 76.9 Å². The second kappa shape index (κ2) is 3.89. The second-order valence-electron chi connectivity index (χ2n) is 3.38. The van der Waals surface area contributed by atoms with Gasteiger partial charge in [0.15, 0.2) is 0 Å². The summed E-state index contributed by atoms with van der Waals surface area (Å²) in [6.45, 7) is 2.18. The maximum atomic E-state index is 8.69. The van der Waals surface area contributed by atoms with Crippen LogP contribution in [0.3, 0.4) is 0 Å². The molecule has 0 unspecified atom stereocenters. The molecule has 1 aliphatic heterocycles. The molecule has 72 valence electrons. The summed E-state index contributed by atoms with van der Waals surface area (Å²) >= 11 is 0. The SMILES string of the molecule is OCCc1cc([C@H]2CCNC2)no1. The van der Waals surface area contributed by atoms with Crippen LogP contribution in [0.2, 0.25) is 0 Å². The first-order valence-corrected chi connectivity index (χ1v) is 4.67. The molecule has 4 nitrogen and oxygen atoms in total. The van der Waals surface area contributed by atoms with E-state index in [1.165, 1.54) is 0 Å². The molecule has 1 fully saturated rings. The topological polar surface area (TPSA) is 58.3 Å². The van der Waals surface area contributed by atoms with E-state index < -0.39 is 0 Å². The van der Waals surface area contributed by atoms with E-state index in [9.17, 15) is 0 Å². The van der Waals surface area contributed by atoms with Gasteiger partial charge in [-0.05, 0) is 13.0 Å². The molecule has 4 heteroatoms. The number of aliphatic hydroxyl groups excluding tert-OH is 1. The van der Waals surface area contributed by atoms with E-state index in [-0.39, 0.29) is 6.61 Å². The Balaban J connectivity index is 2.03. The smallest absolute Gasteiger partial charge is 0.139 e. The highest BCUT2D eigenvalue weighted by atomic mass is 16.5.